The van der Waals surface area contributed by atoms with Crippen molar-refractivity contribution in [1.29, 1.82) is 0 Å². The van der Waals surface area contributed by atoms with Gasteiger partial charge < -0.3 is 5.73 Å². The van der Waals surface area contributed by atoms with Crippen LogP contribution in [0.3, 0.4) is 0 Å². The molecule has 0 heterocycles. The van der Waals surface area contributed by atoms with Crippen LogP contribution in [-0.4, -0.2) is 13.7 Å². The van der Waals surface area contributed by atoms with Gasteiger partial charge in [-0.3, -0.25) is 0 Å². The Balaban J connectivity index is 2.38. The standard InChI is InChI=1S/C13H18FNO2S/c1-9-3-2-4-11(7-9)18(16,17)13-8-10(14)5-6-12(13)15/h5-6,8-9,11H,2-4,7,15H2,1H3. The van der Waals surface area contributed by atoms with Gasteiger partial charge in [0.15, 0.2) is 9.84 Å². The minimum Gasteiger partial charge on any atom is -0.398 e. The molecule has 5 heteroatoms. The van der Waals surface area contributed by atoms with Crippen molar-refractivity contribution in [2.75, 3.05) is 5.73 Å². The van der Waals surface area contributed by atoms with E-state index in [0.29, 0.717) is 18.8 Å². The first-order valence-electron chi connectivity index (χ1n) is 6.20. The monoisotopic (exact) mass is 271 g/mol. The summed E-state index contributed by atoms with van der Waals surface area (Å²) in [5.41, 5.74) is 5.80. The first kappa shape index (κ1) is 13.3. The van der Waals surface area contributed by atoms with Crippen LogP contribution in [0.15, 0.2) is 23.1 Å². The lowest BCUT2D eigenvalue weighted by molar-refractivity contribution is 0.382. The number of sulfone groups is 1. The van der Waals surface area contributed by atoms with E-state index < -0.39 is 20.9 Å². The zero-order valence-corrected chi connectivity index (χ0v) is 11.2. The average molecular weight is 271 g/mol. The number of nitrogens with two attached hydrogens (primary N) is 1. The number of benzene rings is 1. The summed E-state index contributed by atoms with van der Waals surface area (Å²) in [5, 5.41) is -0.426. The van der Waals surface area contributed by atoms with Gasteiger partial charge >= 0.3 is 0 Å². The normalized spacial score (nSPS) is 25.0. The third-order valence-corrected chi connectivity index (χ3v) is 5.88. The fourth-order valence-electron chi connectivity index (χ4n) is 2.59. The topological polar surface area (TPSA) is 60.2 Å². The minimum absolute atomic E-state index is 0.0541. The van der Waals surface area contributed by atoms with Crippen molar-refractivity contribution in [1.82, 2.24) is 0 Å². The molecule has 1 saturated carbocycles. The zero-order valence-electron chi connectivity index (χ0n) is 10.4. The fraction of sp³-hybridized carbons (Fsp3) is 0.538. The van der Waals surface area contributed by atoms with E-state index in [0.717, 1.165) is 18.9 Å². The predicted molar refractivity (Wildman–Crippen MR) is 69.4 cm³/mol. The van der Waals surface area contributed by atoms with Crippen LogP contribution in [0.4, 0.5) is 10.1 Å². The highest BCUT2D eigenvalue weighted by atomic mass is 32.2. The average Bonchev–Trinajstić information content (AvgIpc) is 2.32. The Kier molecular flexibility index (Phi) is 3.61. The lowest BCUT2D eigenvalue weighted by Gasteiger charge is -2.26. The van der Waals surface area contributed by atoms with Crippen molar-refractivity contribution < 1.29 is 12.8 Å². The van der Waals surface area contributed by atoms with Crippen molar-refractivity contribution >= 4 is 15.5 Å². The number of hydrogen-bond donors (Lipinski definition) is 1. The molecule has 0 bridgehead atoms. The van der Waals surface area contributed by atoms with Gasteiger partial charge in [0.25, 0.3) is 0 Å². The quantitative estimate of drug-likeness (QED) is 0.841. The SMILES string of the molecule is CC1CCCC(S(=O)(=O)c2cc(F)ccc2N)C1. The molecule has 0 amide bonds. The van der Waals surface area contributed by atoms with E-state index in [4.69, 9.17) is 5.73 Å². The van der Waals surface area contributed by atoms with Gasteiger partial charge in [-0.2, -0.15) is 0 Å². The van der Waals surface area contributed by atoms with E-state index in [9.17, 15) is 12.8 Å². The highest BCUT2D eigenvalue weighted by Crippen LogP contribution is 2.33. The molecule has 0 spiro atoms. The molecule has 0 saturated heterocycles. The Hall–Kier alpha value is -1.10. The van der Waals surface area contributed by atoms with Crippen LogP contribution in [0.1, 0.15) is 32.6 Å². The van der Waals surface area contributed by atoms with Crippen molar-refractivity contribution in [2.24, 2.45) is 5.92 Å². The largest absolute Gasteiger partial charge is 0.398 e. The van der Waals surface area contributed by atoms with Crippen molar-refractivity contribution in [3.8, 4) is 0 Å². The first-order chi connectivity index (χ1) is 8.41. The van der Waals surface area contributed by atoms with Crippen molar-refractivity contribution in [2.45, 2.75) is 42.8 Å². The number of hydrogen-bond acceptors (Lipinski definition) is 3. The maximum Gasteiger partial charge on any atom is 0.183 e. The van der Waals surface area contributed by atoms with E-state index in [-0.39, 0.29) is 10.6 Å². The Bertz CT molecular complexity index is 542. The van der Waals surface area contributed by atoms with E-state index in [1.807, 2.05) is 0 Å². The summed E-state index contributed by atoms with van der Waals surface area (Å²) in [6.45, 7) is 2.05. The molecule has 3 nitrogen and oxygen atoms in total. The Morgan fingerprint density at radius 2 is 2.06 bits per heavy atom. The minimum atomic E-state index is -3.51. The third kappa shape index (κ3) is 2.51. The van der Waals surface area contributed by atoms with E-state index in [1.165, 1.54) is 12.1 Å². The molecule has 0 aromatic heterocycles. The Morgan fingerprint density at radius 3 is 2.72 bits per heavy atom. The maximum absolute atomic E-state index is 13.2. The summed E-state index contributed by atoms with van der Waals surface area (Å²) < 4.78 is 38.1. The van der Waals surface area contributed by atoms with Crippen LogP contribution in [0.2, 0.25) is 0 Å². The number of halogens is 1. The summed E-state index contributed by atoms with van der Waals surface area (Å²) in [5.74, 6) is -0.167. The third-order valence-electron chi connectivity index (χ3n) is 3.61. The van der Waals surface area contributed by atoms with Crippen molar-refractivity contribution in [3.05, 3.63) is 24.0 Å². The highest BCUT2D eigenvalue weighted by Gasteiger charge is 2.32. The van der Waals surface area contributed by atoms with Crippen LogP contribution in [0.25, 0.3) is 0 Å². The van der Waals surface area contributed by atoms with Gasteiger partial charge in [0, 0.05) is 0 Å². The summed E-state index contributed by atoms with van der Waals surface area (Å²) in [6, 6.07) is 3.52. The van der Waals surface area contributed by atoms with Gasteiger partial charge in [0.2, 0.25) is 0 Å². The van der Waals surface area contributed by atoms with E-state index in [1.54, 1.807) is 0 Å². The molecule has 1 aliphatic rings. The smallest absolute Gasteiger partial charge is 0.183 e. The highest BCUT2D eigenvalue weighted by molar-refractivity contribution is 7.92. The fourth-order valence-corrected chi connectivity index (χ4v) is 4.69. The molecule has 1 aliphatic carbocycles. The molecule has 100 valence electrons. The van der Waals surface area contributed by atoms with E-state index >= 15 is 0 Å². The Labute approximate surface area is 107 Å². The molecule has 0 radical (unpaired) electrons. The van der Waals surface area contributed by atoms with Gasteiger partial charge in [-0.1, -0.05) is 19.8 Å². The zero-order chi connectivity index (χ0) is 13.3. The Morgan fingerprint density at radius 1 is 1.33 bits per heavy atom. The molecule has 1 aromatic carbocycles. The second-order valence-electron chi connectivity index (χ2n) is 5.12. The van der Waals surface area contributed by atoms with Crippen molar-refractivity contribution in [3.63, 3.8) is 0 Å². The molecular formula is C13H18FNO2S. The van der Waals surface area contributed by atoms with Crippen LogP contribution >= 0.6 is 0 Å². The second-order valence-corrected chi connectivity index (χ2v) is 7.32. The number of nitrogen functional groups attached to an aromatic ring is 1. The van der Waals surface area contributed by atoms with Crippen LogP contribution < -0.4 is 5.73 Å². The summed E-state index contributed by atoms with van der Waals surface area (Å²) in [4.78, 5) is -0.0541. The molecular weight excluding hydrogens is 253 g/mol. The molecule has 2 rings (SSSR count). The lowest BCUT2D eigenvalue weighted by atomic mass is 9.91. The molecule has 0 aliphatic heterocycles. The van der Waals surface area contributed by atoms with Crippen LogP contribution in [0.5, 0.6) is 0 Å². The summed E-state index contributed by atoms with van der Waals surface area (Å²) in [7, 11) is -3.51. The number of anilines is 1. The lowest BCUT2D eigenvalue weighted by Crippen LogP contribution is -2.28. The van der Waals surface area contributed by atoms with Gasteiger partial charge in [0.05, 0.1) is 15.8 Å². The van der Waals surface area contributed by atoms with Gasteiger partial charge in [0.1, 0.15) is 5.82 Å². The maximum atomic E-state index is 13.2. The van der Waals surface area contributed by atoms with Gasteiger partial charge in [-0.05, 0) is 37.0 Å². The molecule has 2 N–H and O–H groups in total. The molecule has 2 atom stereocenters. The first-order valence-corrected chi connectivity index (χ1v) is 7.75. The summed E-state index contributed by atoms with van der Waals surface area (Å²) >= 11 is 0. The molecule has 1 aromatic rings. The number of rotatable bonds is 2. The molecule has 2 unspecified atom stereocenters. The van der Waals surface area contributed by atoms with Gasteiger partial charge in [-0.25, -0.2) is 12.8 Å². The predicted octanol–water partition coefficient (Wildman–Crippen LogP) is 2.76. The van der Waals surface area contributed by atoms with Gasteiger partial charge in [-0.15, -0.1) is 0 Å². The van der Waals surface area contributed by atoms with E-state index in [2.05, 4.69) is 6.92 Å². The van der Waals surface area contributed by atoms with Crippen LogP contribution in [0, 0.1) is 11.7 Å². The summed E-state index contributed by atoms with van der Waals surface area (Å²) in [6.07, 6.45) is 3.24. The second kappa shape index (κ2) is 4.88. The van der Waals surface area contributed by atoms with Crippen LogP contribution in [-0.2, 0) is 9.84 Å². The molecule has 1 fully saturated rings. The molecule has 18 heavy (non-hydrogen) atoms.